The molecule has 0 aliphatic heterocycles. The molecule has 12 heteroatoms. The third-order valence-corrected chi connectivity index (χ3v) is 6.86. The van der Waals surface area contributed by atoms with Gasteiger partial charge in [0, 0.05) is 17.2 Å². The summed E-state index contributed by atoms with van der Waals surface area (Å²) in [5.74, 6) is 0.536. The zero-order chi connectivity index (χ0) is 26.8. The number of hydrogen-bond donors (Lipinski definition) is 0. The van der Waals surface area contributed by atoms with E-state index in [9.17, 15) is 9.59 Å². The normalized spacial score (nSPS) is 11.8. The second kappa shape index (κ2) is 8.88. The molecule has 0 radical (unpaired) electrons. The lowest BCUT2D eigenvalue weighted by Crippen LogP contribution is -2.00. The van der Waals surface area contributed by atoms with Crippen molar-refractivity contribution in [2.45, 2.75) is 0 Å². The van der Waals surface area contributed by atoms with Gasteiger partial charge >= 0.3 is 0 Å². The monoisotopic (exact) mass is 572 g/mol. The summed E-state index contributed by atoms with van der Waals surface area (Å²) >= 11 is 17.2. The first-order chi connectivity index (χ1) is 18.9. The van der Waals surface area contributed by atoms with E-state index in [4.69, 9.17) is 69.4 Å². The predicted molar refractivity (Wildman–Crippen MR) is 150 cm³/mol. The molecule has 39 heavy (non-hydrogen) atoms. The smallest absolute Gasteiger partial charge is 0.252 e. The number of nitrogens with zero attached hydrogens (tertiary/aromatic N) is 6. The summed E-state index contributed by atoms with van der Waals surface area (Å²) in [5.41, 5.74) is 6.29. The molecule has 3 heterocycles. The highest BCUT2D eigenvalue weighted by atomic mass is 35.5. The number of aromatic nitrogens is 6. The first-order valence-corrected chi connectivity index (χ1v) is 12.7. The molecule has 0 saturated carbocycles. The van der Waals surface area contributed by atoms with Crippen LogP contribution in [0, 0.1) is 0 Å². The van der Waals surface area contributed by atoms with Crippen LogP contribution < -0.4 is 4.74 Å². The van der Waals surface area contributed by atoms with Gasteiger partial charge in [-0.25, -0.2) is 29.9 Å². The van der Waals surface area contributed by atoms with Crippen LogP contribution in [0.5, 0.6) is 5.75 Å². The van der Waals surface area contributed by atoms with Gasteiger partial charge in [-0.05, 0) is 71.7 Å². The van der Waals surface area contributed by atoms with Crippen LogP contribution in [0.25, 0.3) is 66.2 Å². The summed E-state index contributed by atoms with van der Waals surface area (Å²) in [6.45, 7) is 0. The van der Waals surface area contributed by atoms with E-state index < -0.39 is 10.5 Å². The van der Waals surface area contributed by atoms with Gasteiger partial charge in [0.05, 0.1) is 33.1 Å². The average molecular weight is 574 g/mol. The van der Waals surface area contributed by atoms with Gasteiger partial charge in [-0.2, -0.15) is 0 Å². The predicted octanol–water partition coefficient (Wildman–Crippen LogP) is 6.31. The van der Waals surface area contributed by atoms with Gasteiger partial charge < -0.3 is 4.74 Å². The van der Waals surface area contributed by atoms with Crippen LogP contribution in [-0.2, 0) is 0 Å². The van der Waals surface area contributed by atoms with Gasteiger partial charge in [0.1, 0.15) is 38.8 Å². The Morgan fingerprint density at radius 1 is 0.538 bits per heavy atom. The molecule has 7 aromatic rings. The molecule has 0 fully saturated rings. The number of carbonyl (C=O) groups is 2. The van der Waals surface area contributed by atoms with Gasteiger partial charge in [0.25, 0.3) is 10.5 Å². The quantitative estimate of drug-likeness (QED) is 0.103. The van der Waals surface area contributed by atoms with Gasteiger partial charge in [0.15, 0.2) is 6.07 Å². The molecule has 188 valence electrons. The molecule has 0 amide bonds. The highest BCUT2D eigenvalue weighted by Gasteiger charge is 2.20. The molecule has 3 aromatic heterocycles. The standard InChI is InChI=1S/C27H11Cl3N6O3/c28-10-39-13-3-6-16-19(9-13)36-25-21(33-16)20-23(34-17-7-11(26(29)37)1-4-14(17)31-20)22-24(25)35-18-8-12(27(30)38)2-5-15(18)32-22/h1-9H,10H2. The van der Waals surface area contributed by atoms with E-state index in [0.717, 1.165) is 0 Å². The largest absolute Gasteiger partial charge is 0.478 e. The number of rotatable bonds is 4. The number of carbonyl (C=O) groups excluding carboxylic acids is 2. The van der Waals surface area contributed by atoms with Crippen molar-refractivity contribution in [3.05, 3.63) is 65.7 Å². The Morgan fingerprint density at radius 3 is 1.28 bits per heavy atom. The van der Waals surface area contributed by atoms with Crippen LogP contribution in [0.1, 0.15) is 20.7 Å². The van der Waals surface area contributed by atoms with Gasteiger partial charge in [0.2, 0.25) is 0 Å². The van der Waals surface area contributed by atoms with Crippen LogP contribution in [0.15, 0.2) is 54.6 Å². The zero-order valence-corrected chi connectivity index (χ0v) is 21.7. The maximum Gasteiger partial charge on any atom is 0.252 e. The Morgan fingerprint density at radius 2 is 0.897 bits per heavy atom. The lowest BCUT2D eigenvalue weighted by molar-refractivity contribution is 0.107. The van der Waals surface area contributed by atoms with Crippen molar-refractivity contribution in [1.82, 2.24) is 29.9 Å². The molecule has 9 nitrogen and oxygen atoms in total. The molecular formula is C27H11Cl3N6O3. The minimum Gasteiger partial charge on any atom is -0.478 e. The third kappa shape index (κ3) is 3.85. The SMILES string of the molecule is O=C(Cl)c1ccc2nc3c4nc5ccc(OCCl)cc5nc4c4nc5cc(C(=O)Cl)ccc5nc4c3nc2c1. The number of fused-ring (bicyclic) bond motifs is 9. The van der Waals surface area contributed by atoms with Crippen LogP contribution in [-0.4, -0.2) is 46.5 Å². The second-order valence-electron chi connectivity index (χ2n) is 8.62. The van der Waals surface area contributed by atoms with E-state index in [2.05, 4.69) is 0 Å². The van der Waals surface area contributed by atoms with Crippen LogP contribution in [0.4, 0.5) is 0 Å². The molecule has 0 aliphatic carbocycles. The number of hydrogen-bond acceptors (Lipinski definition) is 9. The fourth-order valence-electron chi connectivity index (χ4n) is 4.53. The van der Waals surface area contributed by atoms with Crippen molar-refractivity contribution >= 4 is 111 Å². The third-order valence-electron chi connectivity index (χ3n) is 6.31. The van der Waals surface area contributed by atoms with Crippen molar-refractivity contribution in [2.75, 3.05) is 6.07 Å². The van der Waals surface area contributed by atoms with Crippen LogP contribution in [0.3, 0.4) is 0 Å². The van der Waals surface area contributed by atoms with Gasteiger partial charge in [-0.1, -0.05) is 11.6 Å². The van der Waals surface area contributed by atoms with Crippen molar-refractivity contribution in [2.24, 2.45) is 0 Å². The highest BCUT2D eigenvalue weighted by Crippen LogP contribution is 2.34. The topological polar surface area (TPSA) is 121 Å². The Kier molecular flexibility index (Phi) is 5.41. The average Bonchev–Trinajstić information content (AvgIpc) is 2.94. The first kappa shape index (κ1) is 23.8. The van der Waals surface area contributed by atoms with E-state index in [-0.39, 0.29) is 11.6 Å². The first-order valence-electron chi connectivity index (χ1n) is 11.4. The summed E-state index contributed by atoms with van der Waals surface area (Å²) in [6.07, 6.45) is 0. The molecule has 0 unspecified atom stereocenters. The molecule has 0 bridgehead atoms. The Labute approximate surface area is 232 Å². The van der Waals surface area contributed by atoms with Gasteiger partial charge in [-0.15, -0.1) is 0 Å². The Balaban J connectivity index is 1.67. The van der Waals surface area contributed by atoms with Crippen LogP contribution >= 0.6 is 34.8 Å². The maximum absolute atomic E-state index is 11.8. The molecule has 4 aromatic carbocycles. The van der Waals surface area contributed by atoms with E-state index in [1.165, 1.54) is 0 Å². The van der Waals surface area contributed by atoms with Crippen molar-refractivity contribution < 1.29 is 14.3 Å². The summed E-state index contributed by atoms with van der Waals surface area (Å²) < 4.78 is 5.42. The molecule has 0 saturated heterocycles. The summed E-state index contributed by atoms with van der Waals surface area (Å²) in [5, 5.41) is -1.21. The molecule has 0 aliphatic rings. The van der Waals surface area contributed by atoms with Crippen molar-refractivity contribution in [3.8, 4) is 5.75 Å². The van der Waals surface area contributed by atoms with E-state index >= 15 is 0 Å². The Bertz CT molecular complexity index is 2220. The number of ether oxygens (including phenoxy) is 1. The van der Waals surface area contributed by atoms with E-state index in [1.807, 2.05) is 0 Å². The summed E-state index contributed by atoms with van der Waals surface area (Å²) in [6, 6.07) is 14.9. The molecule has 0 spiro atoms. The minimum atomic E-state index is -0.609. The molecule has 0 atom stereocenters. The fourth-order valence-corrected chi connectivity index (χ4v) is 4.89. The number of halogens is 3. The fraction of sp³-hybridized carbons (Fsp3) is 0.0370. The minimum absolute atomic E-state index is 0.0150. The van der Waals surface area contributed by atoms with E-state index in [1.54, 1.807) is 54.6 Å². The van der Waals surface area contributed by atoms with Crippen molar-refractivity contribution in [1.29, 1.82) is 0 Å². The van der Waals surface area contributed by atoms with Gasteiger partial charge in [-0.3, -0.25) is 9.59 Å². The molecule has 7 rings (SSSR count). The number of benzene rings is 4. The maximum atomic E-state index is 11.8. The van der Waals surface area contributed by atoms with E-state index in [0.29, 0.717) is 77.5 Å². The summed E-state index contributed by atoms with van der Waals surface area (Å²) in [7, 11) is 0. The zero-order valence-electron chi connectivity index (χ0n) is 19.4. The summed E-state index contributed by atoms with van der Waals surface area (Å²) in [4.78, 5) is 52.6. The highest BCUT2D eigenvalue weighted by molar-refractivity contribution is 6.68. The second-order valence-corrected chi connectivity index (χ2v) is 9.53. The lowest BCUT2D eigenvalue weighted by Gasteiger charge is -2.11. The molecular weight excluding hydrogens is 563 g/mol. The molecule has 0 N–H and O–H groups in total. The lowest BCUT2D eigenvalue weighted by atomic mass is 10.1. The van der Waals surface area contributed by atoms with Crippen molar-refractivity contribution in [3.63, 3.8) is 0 Å². The Hall–Kier alpha value is -4.31. The van der Waals surface area contributed by atoms with Crippen LogP contribution in [0.2, 0.25) is 0 Å². The number of alkyl halides is 1.